The van der Waals surface area contributed by atoms with Crippen molar-refractivity contribution < 1.29 is 9.59 Å². The molecule has 0 radical (unpaired) electrons. The number of anilines is 2. The Morgan fingerprint density at radius 2 is 1.86 bits per heavy atom. The van der Waals surface area contributed by atoms with Gasteiger partial charge in [-0.05, 0) is 49.6 Å². The number of halogens is 1. The van der Waals surface area contributed by atoms with Gasteiger partial charge in [0.25, 0.3) is 11.8 Å². The van der Waals surface area contributed by atoms with Crippen molar-refractivity contribution in [2.45, 2.75) is 18.2 Å². The Labute approximate surface area is 217 Å². The van der Waals surface area contributed by atoms with Crippen LogP contribution in [0.25, 0.3) is 11.3 Å². The van der Waals surface area contributed by atoms with E-state index < -0.39 is 0 Å². The molecule has 0 aliphatic carbocycles. The molecule has 1 aromatic heterocycles. The van der Waals surface area contributed by atoms with Gasteiger partial charge in [0.2, 0.25) is 0 Å². The molecule has 0 saturated carbocycles. The number of thioether (sulfide) groups is 1. The van der Waals surface area contributed by atoms with E-state index in [0.29, 0.717) is 28.4 Å². The number of fused-ring (bicyclic) bond motifs is 3. The first kappa shape index (κ1) is 23.6. The lowest BCUT2D eigenvalue weighted by Crippen LogP contribution is -2.32. The Morgan fingerprint density at radius 1 is 1.09 bits per heavy atom. The van der Waals surface area contributed by atoms with Crippen LogP contribution in [0.2, 0.25) is 5.02 Å². The van der Waals surface area contributed by atoms with Gasteiger partial charge < -0.3 is 10.2 Å². The van der Waals surface area contributed by atoms with Crippen LogP contribution < -0.4 is 10.2 Å². The summed E-state index contributed by atoms with van der Waals surface area (Å²) in [7, 11) is 0. The first-order valence-corrected chi connectivity index (χ1v) is 13.5. The zero-order valence-corrected chi connectivity index (χ0v) is 21.6. The van der Waals surface area contributed by atoms with E-state index >= 15 is 0 Å². The highest BCUT2D eigenvalue weighted by Crippen LogP contribution is 2.39. The Hall–Kier alpha value is -3.13. The van der Waals surface area contributed by atoms with E-state index in [1.165, 1.54) is 16.6 Å². The summed E-state index contributed by atoms with van der Waals surface area (Å²) in [5.41, 5.74) is 4.25. The molecule has 1 aliphatic heterocycles. The fraction of sp³-hybridized carbons (Fsp3) is 0.148. The zero-order chi connectivity index (χ0) is 24.5. The van der Waals surface area contributed by atoms with Crippen LogP contribution in [0.15, 0.2) is 71.6 Å². The van der Waals surface area contributed by atoms with Crippen LogP contribution in [-0.4, -0.2) is 29.6 Å². The summed E-state index contributed by atoms with van der Waals surface area (Å²) in [5.74, 6) is -0.386. The number of thiazole rings is 1. The third-order valence-electron chi connectivity index (χ3n) is 5.88. The summed E-state index contributed by atoms with van der Waals surface area (Å²) in [6, 6.07) is 20.3. The Balaban J connectivity index is 1.42. The number of benzene rings is 3. The maximum Gasteiger partial charge on any atom is 0.258 e. The van der Waals surface area contributed by atoms with Gasteiger partial charge in [0.1, 0.15) is 0 Å². The van der Waals surface area contributed by atoms with Gasteiger partial charge in [0, 0.05) is 33.9 Å². The second-order valence-electron chi connectivity index (χ2n) is 8.08. The number of para-hydroxylation sites is 1. The van der Waals surface area contributed by atoms with Crippen LogP contribution in [0.1, 0.15) is 30.6 Å². The smallest absolute Gasteiger partial charge is 0.258 e. The number of carbonyl (C=O) groups excluding carboxylic acids is 2. The van der Waals surface area contributed by atoms with Crippen LogP contribution in [0, 0.1) is 6.92 Å². The normalized spacial score (nSPS) is 12.5. The molecule has 5 nitrogen and oxygen atoms in total. The Kier molecular flexibility index (Phi) is 6.65. The molecule has 5 rings (SSSR count). The number of hydrogen-bond acceptors (Lipinski definition) is 5. The van der Waals surface area contributed by atoms with Crippen molar-refractivity contribution in [2.24, 2.45) is 0 Å². The molecule has 176 valence electrons. The minimum absolute atomic E-state index is 0.142. The third-order valence-corrected chi connectivity index (χ3v) is 8.02. The first-order valence-electron chi connectivity index (χ1n) is 11.1. The number of nitrogens with one attached hydrogen (secondary N) is 1. The standard InChI is InChI=1S/C27H22ClN3O2S2/c1-16-29-25-18-7-3-5-9-22(18)31(14-13-24(25)35-16)27(33)17-11-12-21(20(28)15-17)30-26(32)19-8-4-6-10-23(19)34-2/h3-12,15H,13-14H2,1-2H3,(H,30,32). The molecular weight excluding hydrogens is 498 g/mol. The van der Waals surface area contributed by atoms with E-state index in [9.17, 15) is 9.59 Å². The third kappa shape index (κ3) is 4.59. The lowest BCUT2D eigenvalue weighted by molar-refractivity contribution is 0.0986. The fourth-order valence-corrected chi connectivity index (χ4v) is 5.99. The Bertz CT molecular complexity index is 1450. The highest BCUT2D eigenvalue weighted by Gasteiger charge is 2.27. The summed E-state index contributed by atoms with van der Waals surface area (Å²) in [6.45, 7) is 2.55. The highest BCUT2D eigenvalue weighted by atomic mass is 35.5. The molecule has 0 unspecified atom stereocenters. The topological polar surface area (TPSA) is 62.3 Å². The lowest BCUT2D eigenvalue weighted by Gasteiger charge is -2.23. The fourth-order valence-electron chi connectivity index (χ4n) is 4.23. The Morgan fingerprint density at radius 3 is 2.66 bits per heavy atom. The van der Waals surface area contributed by atoms with Crippen LogP contribution in [0.5, 0.6) is 0 Å². The van der Waals surface area contributed by atoms with Crippen molar-refractivity contribution in [1.82, 2.24) is 4.98 Å². The van der Waals surface area contributed by atoms with Crippen LogP contribution in [0.4, 0.5) is 11.4 Å². The average Bonchev–Trinajstić information content (AvgIpc) is 3.18. The van der Waals surface area contributed by atoms with Crippen LogP contribution >= 0.6 is 34.7 Å². The quantitative estimate of drug-likeness (QED) is 0.296. The molecule has 3 aromatic carbocycles. The molecule has 0 saturated heterocycles. The van der Waals surface area contributed by atoms with Gasteiger partial charge >= 0.3 is 0 Å². The maximum atomic E-state index is 13.6. The maximum absolute atomic E-state index is 13.6. The highest BCUT2D eigenvalue weighted by molar-refractivity contribution is 7.98. The van der Waals surface area contributed by atoms with Crippen LogP contribution in [0.3, 0.4) is 0 Å². The van der Waals surface area contributed by atoms with Crippen molar-refractivity contribution in [2.75, 3.05) is 23.0 Å². The molecule has 2 amide bonds. The molecule has 2 heterocycles. The zero-order valence-electron chi connectivity index (χ0n) is 19.2. The largest absolute Gasteiger partial charge is 0.321 e. The van der Waals surface area contributed by atoms with Crippen molar-refractivity contribution >= 4 is 57.9 Å². The van der Waals surface area contributed by atoms with Crippen molar-refractivity contribution in [1.29, 1.82) is 0 Å². The van der Waals surface area contributed by atoms with E-state index in [1.54, 1.807) is 40.5 Å². The van der Waals surface area contributed by atoms with Gasteiger partial charge in [-0.1, -0.05) is 41.9 Å². The summed E-state index contributed by atoms with van der Waals surface area (Å²) in [4.78, 5) is 35.0. The number of amides is 2. The molecule has 0 fully saturated rings. The molecule has 1 aliphatic rings. The summed E-state index contributed by atoms with van der Waals surface area (Å²) in [6.07, 6.45) is 2.66. The minimum atomic E-state index is -0.244. The summed E-state index contributed by atoms with van der Waals surface area (Å²) >= 11 is 9.71. The van der Waals surface area contributed by atoms with Crippen molar-refractivity contribution in [3.63, 3.8) is 0 Å². The van der Waals surface area contributed by atoms with E-state index in [1.807, 2.05) is 55.6 Å². The number of carbonyl (C=O) groups is 2. The number of nitrogens with zero attached hydrogens (tertiary/aromatic N) is 2. The van der Waals surface area contributed by atoms with Gasteiger partial charge in [-0.15, -0.1) is 23.1 Å². The monoisotopic (exact) mass is 519 g/mol. The van der Waals surface area contributed by atoms with Crippen LogP contribution in [-0.2, 0) is 6.42 Å². The lowest BCUT2D eigenvalue weighted by atomic mass is 10.1. The molecule has 4 aromatic rings. The first-order chi connectivity index (χ1) is 17.0. The van der Waals surface area contributed by atoms with Gasteiger partial charge in [0.05, 0.1) is 32.7 Å². The van der Waals surface area contributed by atoms with E-state index in [4.69, 9.17) is 16.6 Å². The molecule has 1 N–H and O–H groups in total. The predicted molar refractivity (Wildman–Crippen MR) is 145 cm³/mol. The SMILES string of the molecule is CSc1ccccc1C(=O)Nc1ccc(C(=O)N2CCc3sc(C)nc3-c3ccccc32)cc1Cl. The van der Waals surface area contributed by atoms with Crippen molar-refractivity contribution in [3.05, 3.63) is 92.8 Å². The number of aromatic nitrogens is 1. The van der Waals surface area contributed by atoms with E-state index in [2.05, 4.69) is 5.32 Å². The summed E-state index contributed by atoms with van der Waals surface area (Å²) < 4.78 is 0. The second kappa shape index (κ2) is 9.85. The van der Waals surface area contributed by atoms with E-state index in [0.717, 1.165) is 33.3 Å². The second-order valence-corrected chi connectivity index (χ2v) is 10.6. The minimum Gasteiger partial charge on any atom is -0.321 e. The number of rotatable bonds is 4. The summed E-state index contributed by atoms with van der Waals surface area (Å²) in [5, 5.41) is 4.20. The molecule has 0 atom stereocenters. The van der Waals surface area contributed by atoms with Gasteiger partial charge in [-0.25, -0.2) is 4.98 Å². The predicted octanol–water partition coefficient (Wildman–Crippen LogP) is 6.95. The average molecular weight is 520 g/mol. The number of aryl methyl sites for hydroxylation is 1. The molecule has 0 bridgehead atoms. The number of hydrogen-bond donors (Lipinski definition) is 1. The van der Waals surface area contributed by atoms with Gasteiger partial charge in [-0.3, -0.25) is 9.59 Å². The van der Waals surface area contributed by atoms with Gasteiger partial charge in [-0.2, -0.15) is 0 Å². The van der Waals surface area contributed by atoms with Gasteiger partial charge in [0.15, 0.2) is 0 Å². The molecular formula is C27H22ClN3O2S2. The van der Waals surface area contributed by atoms with Crippen molar-refractivity contribution in [3.8, 4) is 11.3 Å². The molecule has 0 spiro atoms. The molecule has 35 heavy (non-hydrogen) atoms. The van der Waals surface area contributed by atoms with E-state index in [-0.39, 0.29) is 11.8 Å². The molecule has 8 heteroatoms.